The predicted octanol–water partition coefficient (Wildman–Crippen LogP) is 1.62. The third-order valence-electron chi connectivity index (χ3n) is 2.99. The van der Waals surface area contributed by atoms with Crippen molar-refractivity contribution in [2.45, 2.75) is 31.9 Å². The SMILES string of the molecule is CC(NC(=O)NCC1CCCO1)c1ccccn1. The number of hydrogen-bond donors (Lipinski definition) is 2. The summed E-state index contributed by atoms with van der Waals surface area (Å²) in [4.78, 5) is 15.9. The van der Waals surface area contributed by atoms with Crippen LogP contribution in [0.3, 0.4) is 0 Å². The molecule has 0 aromatic carbocycles. The lowest BCUT2D eigenvalue weighted by molar-refractivity contribution is 0.111. The number of rotatable bonds is 4. The molecule has 2 heterocycles. The number of nitrogens with zero attached hydrogens (tertiary/aromatic N) is 1. The van der Waals surface area contributed by atoms with Crippen LogP contribution in [0, 0.1) is 0 Å². The minimum absolute atomic E-state index is 0.101. The van der Waals surface area contributed by atoms with E-state index in [4.69, 9.17) is 4.74 Å². The summed E-state index contributed by atoms with van der Waals surface area (Å²) in [6.07, 6.45) is 3.99. The van der Waals surface area contributed by atoms with E-state index in [0.717, 1.165) is 25.1 Å². The van der Waals surface area contributed by atoms with Crippen LogP contribution in [0.25, 0.3) is 0 Å². The Labute approximate surface area is 107 Å². The Morgan fingerprint density at radius 3 is 3.17 bits per heavy atom. The molecule has 18 heavy (non-hydrogen) atoms. The highest BCUT2D eigenvalue weighted by Gasteiger charge is 2.17. The van der Waals surface area contributed by atoms with Crippen LogP contribution in [0.15, 0.2) is 24.4 Å². The molecule has 0 saturated carbocycles. The van der Waals surface area contributed by atoms with Gasteiger partial charge < -0.3 is 15.4 Å². The average molecular weight is 249 g/mol. The molecular weight excluding hydrogens is 230 g/mol. The summed E-state index contributed by atoms with van der Waals surface area (Å²) in [6, 6.07) is 5.38. The second-order valence-electron chi connectivity index (χ2n) is 4.47. The van der Waals surface area contributed by atoms with Crippen LogP contribution >= 0.6 is 0 Å². The first kappa shape index (κ1) is 12.8. The lowest BCUT2D eigenvalue weighted by atomic mass is 10.2. The van der Waals surface area contributed by atoms with Crippen molar-refractivity contribution in [1.29, 1.82) is 0 Å². The van der Waals surface area contributed by atoms with Gasteiger partial charge in [-0.15, -0.1) is 0 Å². The van der Waals surface area contributed by atoms with Gasteiger partial charge in [-0.1, -0.05) is 6.07 Å². The zero-order valence-electron chi connectivity index (χ0n) is 10.6. The van der Waals surface area contributed by atoms with Gasteiger partial charge in [-0.2, -0.15) is 0 Å². The molecule has 5 nitrogen and oxygen atoms in total. The van der Waals surface area contributed by atoms with Gasteiger partial charge in [0.25, 0.3) is 0 Å². The van der Waals surface area contributed by atoms with Gasteiger partial charge in [-0.25, -0.2) is 4.79 Å². The Kier molecular flexibility index (Phi) is 4.52. The maximum absolute atomic E-state index is 11.7. The van der Waals surface area contributed by atoms with Crippen LogP contribution < -0.4 is 10.6 Å². The molecule has 2 amide bonds. The molecule has 0 spiro atoms. The van der Waals surface area contributed by atoms with Crippen LogP contribution in [0.1, 0.15) is 31.5 Å². The molecule has 0 aliphatic carbocycles. The first-order valence-corrected chi connectivity index (χ1v) is 6.32. The zero-order valence-corrected chi connectivity index (χ0v) is 10.6. The second-order valence-corrected chi connectivity index (χ2v) is 4.47. The van der Waals surface area contributed by atoms with Crippen molar-refractivity contribution in [3.8, 4) is 0 Å². The van der Waals surface area contributed by atoms with Gasteiger partial charge >= 0.3 is 6.03 Å². The fraction of sp³-hybridized carbons (Fsp3) is 0.538. The Morgan fingerprint density at radius 2 is 2.50 bits per heavy atom. The summed E-state index contributed by atoms with van der Waals surface area (Å²) in [6.45, 7) is 3.28. The second kappa shape index (κ2) is 6.35. The van der Waals surface area contributed by atoms with Crippen LogP contribution in [0.4, 0.5) is 4.79 Å². The molecule has 1 aliphatic rings. The Bertz CT molecular complexity index is 377. The highest BCUT2D eigenvalue weighted by molar-refractivity contribution is 5.74. The van der Waals surface area contributed by atoms with Gasteiger partial charge in [-0.3, -0.25) is 4.98 Å². The van der Waals surface area contributed by atoms with E-state index < -0.39 is 0 Å². The van der Waals surface area contributed by atoms with E-state index >= 15 is 0 Å². The summed E-state index contributed by atoms with van der Waals surface area (Å²) < 4.78 is 5.44. The molecule has 2 unspecified atom stereocenters. The van der Waals surface area contributed by atoms with E-state index in [1.807, 2.05) is 25.1 Å². The zero-order chi connectivity index (χ0) is 12.8. The third kappa shape index (κ3) is 3.70. The summed E-state index contributed by atoms with van der Waals surface area (Å²) >= 11 is 0. The molecular formula is C13H19N3O2. The standard InChI is InChI=1S/C13H19N3O2/c1-10(12-6-2-3-7-14-12)16-13(17)15-9-11-5-4-8-18-11/h2-3,6-7,10-11H,4-5,8-9H2,1H3,(H2,15,16,17). The van der Waals surface area contributed by atoms with E-state index in [-0.39, 0.29) is 18.2 Å². The van der Waals surface area contributed by atoms with Crippen molar-refractivity contribution < 1.29 is 9.53 Å². The maximum atomic E-state index is 11.7. The van der Waals surface area contributed by atoms with Crippen molar-refractivity contribution in [3.05, 3.63) is 30.1 Å². The van der Waals surface area contributed by atoms with Gasteiger partial charge in [0, 0.05) is 19.3 Å². The van der Waals surface area contributed by atoms with Crippen molar-refractivity contribution in [3.63, 3.8) is 0 Å². The summed E-state index contributed by atoms with van der Waals surface area (Å²) in [7, 11) is 0. The van der Waals surface area contributed by atoms with E-state index in [2.05, 4.69) is 15.6 Å². The number of aromatic nitrogens is 1. The minimum atomic E-state index is -0.177. The molecule has 5 heteroatoms. The highest BCUT2D eigenvalue weighted by atomic mass is 16.5. The van der Waals surface area contributed by atoms with E-state index in [0.29, 0.717) is 6.54 Å². The van der Waals surface area contributed by atoms with E-state index in [9.17, 15) is 4.79 Å². The first-order valence-electron chi connectivity index (χ1n) is 6.32. The molecule has 98 valence electrons. The summed E-state index contributed by atoms with van der Waals surface area (Å²) in [5.41, 5.74) is 0.852. The van der Waals surface area contributed by atoms with E-state index in [1.165, 1.54) is 0 Å². The molecule has 1 aliphatic heterocycles. The van der Waals surface area contributed by atoms with Crippen LogP contribution in [-0.4, -0.2) is 30.3 Å². The molecule has 0 radical (unpaired) electrons. The lowest BCUT2D eigenvalue weighted by Crippen LogP contribution is -2.40. The molecule has 0 bridgehead atoms. The van der Waals surface area contributed by atoms with Gasteiger partial charge in [-0.05, 0) is 31.9 Å². The molecule has 2 atom stereocenters. The molecule has 2 N–H and O–H groups in total. The third-order valence-corrected chi connectivity index (χ3v) is 2.99. The maximum Gasteiger partial charge on any atom is 0.315 e. The summed E-state index contributed by atoms with van der Waals surface area (Å²) in [5, 5.41) is 5.67. The van der Waals surface area contributed by atoms with Gasteiger partial charge in [0.15, 0.2) is 0 Å². The first-order chi connectivity index (χ1) is 8.75. The highest BCUT2D eigenvalue weighted by Crippen LogP contribution is 2.11. The molecule has 1 aromatic heterocycles. The quantitative estimate of drug-likeness (QED) is 0.852. The monoisotopic (exact) mass is 249 g/mol. The Balaban J connectivity index is 1.73. The fourth-order valence-electron chi connectivity index (χ4n) is 1.97. The molecule has 1 saturated heterocycles. The average Bonchev–Trinajstić information content (AvgIpc) is 2.90. The van der Waals surface area contributed by atoms with Gasteiger partial charge in [0.2, 0.25) is 0 Å². The number of carbonyl (C=O) groups is 1. The number of amides is 2. The lowest BCUT2D eigenvalue weighted by Gasteiger charge is -2.15. The van der Waals surface area contributed by atoms with Crippen LogP contribution in [0.5, 0.6) is 0 Å². The fourth-order valence-corrected chi connectivity index (χ4v) is 1.97. The number of urea groups is 1. The predicted molar refractivity (Wildman–Crippen MR) is 68.2 cm³/mol. The normalized spacial score (nSPS) is 20.4. The summed E-state index contributed by atoms with van der Waals surface area (Å²) in [5.74, 6) is 0. The number of hydrogen-bond acceptors (Lipinski definition) is 3. The van der Waals surface area contributed by atoms with Crippen molar-refractivity contribution in [1.82, 2.24) is 15.6 Å². The topological polar surface area (TPSA) is 63.2 Å². The van der Waals surface area contributed by atoms with E-state index in [1.54, 1.807) is 6.20 Å². The number of carbonyl (C=O) groups excluding carboxylic acids is 1. The van der Waals surface area contributed by atoms with Gasteiger partial charge in [0.1, 0.15) is 0 Å². The minimum Gasteiger partial charge on any atom is -0.376 e. The largest absolute Gasteiger partial charge is 0.376 e. The van der Waals surface area contributed by atoms with Gasteiger partial charge in [0.05, 0.1) is 17.8 Å². The van der Waals surface area contributed by atoms with Crippen LogP contribution in [-0.2, 0) is 4.74 Å². The number of nitrogens with one attached hydrogen (secondary N) is 2. The number of pyridine rings is 1. The molecule has 2 rings (SSSR count). The van der Waals surface area contributed by atoms with Crippen molar-refractivity contribution >= 4 is 6.03 Å². The number of ether oxygens (including phenoxy) is 1. The Morgan fingerprint density at radius 1 is 1.61 bits per heavy atom. The Hall–Kier alpha value is -1.62. The van der Waals surface area contributed by atoms with Crippen molar-refractivity contribution in [2.75, 3.05) is 13.2 Å². The van der Waals surface area contributed by atoms with Crippen LogP contribution in [0.2, 0.25) is 0 Å². The molecule has 1 fully saturated rings. The molecule has 1 aromatic rings. The van der Waals surface area contributed by atoms with Crippen molar-refractivity contribution in [2.24, 2.45) is 0 Å². The smallest absolute Gasteiger partial charge is 0.315 e.